The van der Waals surface area contributed by atoms with Crippen molar-refractivity contribution in [3.63, 3.8) is 0 Å². The summed E-state index contributed by atoms with van der Waals surface area (Å²) in [5, 5.41) is 10.7. The number of hydrogen-bond acceptors (Lipinski definition) is 5. The van der Waals surface area contributed by atoms with Crippen molar-refractivity contribution in [3.05, 3.63) is 67.8 Å². The molecule has 1 amide bonds. The minimum atomic E-state index is -0.453. The first-order valence-corrected chi connectivity index (χ1v) is 15.7. The molecular formula is C31H34Cl3NO4S. The van der Waals surface area contributed by atoms with Crippen LogP contribution in [0.2, 0.25) is 10.0 Å². The fraction of sp³-hybridized carbons (Fsp3) is 0.419. The lowest BCUT2D eigenvalue weighted by atomic mass is 9.92. The molecule has 1 aliphatic rings. The number of aryl methyl sites for hydroxylation is 2. The Kier molecular flexibility index (Phi) is 10.9. The molecule has 1 aliphatic carbocycles. The quantitative estimate of drug-likeness (QED) is 0.132. The molecule has 1 aromatic heterocycles. The zero-order valence-electron chi connectivity index (χ0n) is 22.7. The van der Waals surface area contributed by atoms with Gasteiger partial charge in [0.05, 0.1) is 11.6 Å². The van der Waals surface area contributed by atoms with Crippen molar-refractivity contribution in [2.75, 3.05) is 18.1 Å². The van der Waals surface area contributed by atoms with Gasteiger partial charge in [0.25, 0.3) is 0 Å². The fourth-order valence-electron chi connectivity index (χ4n) is 5.33. The maximum Gasteiger partial charge on any atom is 0.353 e. The Hall–Kier alpha value is -2.09. The van der Waals surface area contributed by atoms with Crippen LogP contribution in [-0.2, 0) is 17.6 Å². The molecule has 0 bridgehead atoms. The lowest BCUT2D eigenvalue weighted by Gasteiger charge is -2.20. The van der Waals surface area contributed by atoms with Crippen LogP contribution in [0, 0.1) is 5.92 Å². The highest BCUT2D eigenvalue weighted by Crippen LogP contribution is 2.42. The fourth-order valence-corrected chi connectivity index (χ4v) is 7.49. The minimum Gasteiger partial charge on any atom is -0.422 e. The maximum atomic E-state index is 13.2. The van der Waals surface area contributed by atoms with E-state index in [1.807, 2.05) is 12.1 Å². The lowest BCUT2D eigenvalue weighted by Crippen LogP contribution is -2.31. The Labute approximate surface area is 255 Å². The number of carbonyl (C=O) groups excluding carboxylic acids is 2. The van der Waals surface area contributed by atoms with Crippen LogP contribution in [0.15, 0.2) is 42.5 Å². The average molecular weight is 623 g/mol. The normalized spacial score (nSPS) is 16.8. The first-order valence-electron chi connectivity index (χ1n) is 13.7. The third kappa shape index (κ3) is 7.59. The van der Waals surface area contributed by atoms with E-state index in [4.69, 9.17) is 39.5 Å². The second-order valence-corrected chi connectivity index (χ2v) is 12.8. The van der Waals surface area contributed by atoms with E-state index in [0.717, 1.165) is 66.5 Å². The number of aliphatic hydroxyl groups excluding tert-OH is 1. The van der Waals surface area contributed by atoms with Crippen LogP contribution in [0.25, 0.3) is 11.1 Å². The summed E-state index contributed by atoms with van der Waals surface area (Å²) in [6.07, 6.45) is 6.83. The number of esters is 1. The molecule has 2 aromatic carbocycles. The van der Waals surface area contributed by atoms with Crippen LogP contribution >= 0.6 is 46.1 Å². The molecule has 1 saturated carbocycles. The number of benzene rings is 2. The van der Waals surface area contributed by atoms with Gasteiger partial charge >= 0.3 is 5.97 Å². The standard InChI is InChI=1S/C31H34Cl3NO4S/c1-3-4-28-26(30-21(16-23(33)17-27(30)34)7-5-20-6-8-22(32)15-20)18-29(40-28)31(38)39-25-11-9-24(10-12-25)35(13-14-36)19(2)37/h9-12,16-18,20,22,36H,3-8,13-15H2,1-2H3/t20-,22+/m0/s1. The zero-order chi connectivity index (χ0) is 28.8. The second-order valence-electron chi connectivity index (χ2n) is 10.2. The van der Waals surface area contributed by atoms with E-state index in [1.165, 1.54) is 23.2 Å². The lowest BCUT2D eigenvalue weighted by molar-refractivity contribution is -0.116. The Morgan fingerprint density at radius 2 is 1.85 bits per heavy atom. The van der Waals surface area contributed by atoms with E-state index in [9.17, 15) is 14.7 Å². The smallest absolute Gasteiger partial charge is 0.353 e. The summed E-state index contributed by atoms with van der Waals surface area (Å²) in [5.74, 6) is 0.326. The molecule has 4 rings (SSSR count). The monoisotopic (exact) mass is 621 g/mol. The average Bonchev–Trinajstić information content (AvgIpc) is 3.52. The van der Waals surface area contributed by atoms with Crippen LogP contribution in [0.1, 0.15) is 66.1 Å². The van der Waals surface area contributed by atoms with Crippen molar-refractivity contribution < 1.29 is 19.4 Å². The van der Waals surface area contributed by atoms with E-state index in [-0.39, 0.29) is 24.4 Å². The molecule has 0 spiro atoms. The van der Waals surface area contributed by atoms with E-state index < -0.39 is 5.97 Å². The van der Waals surface area contributed by atoms with Gasteiger partial charge in [-0.2, -0.15) is 0 Å². The van der Waals surface area contributed by atoms with Crippen molar-refractivity contribution >= 4 is 63.7 Å². The van der Waals surface area contributed by atoms with Crippen molar-refractivity contribution in [2.45, 2.75) is 64.2 Å². The molecule has 214 valence electrons. The largest absolute Gasteiger partial charge is 0.422 e. The third-order valence-corrected chi connectivity index (χ3v) is 9.34. The number of hydrogen-bond donors (Lipinski definition) is 1. The highest BCUT2D eigenvalue weighted by Gasteiger charge is 2.25. The molecule has 9 heteroatoms. The number of halogens is 3. The Bertz CT molecular complexity index is 1340. The van der Waals surface area contributed by atoms with Gasteiger partial charge in [0.15, 0.2) is 0 Å². The molecule has 0 unspecified atom stereocenters. The summed E-state index contributed by atoms with van der Waals surface area (Å²) in [6, 6.07) is 12.3. The van der Waals surface area contributed by atoms with Crippen molar-refractivity contribution in [2.24, 2.45) is 5.92 Å². The molecule has 0 radical (unpaired) electrons. The molecule has 0 saturated heterocycles. The maximum absolute atomic E-state index is 13.2. The number of thiophene rings is 1. The van der Waals surface area contributed by atoms with Gasteiger partial charge in [0.1, 0.15) is 10.6 Å². The Morgan fingerprint density at radius 1 is 1.10 bits per heavy atom. The molecular weight excluding hydrogens is 589 g/mol. The first-order chi connectivity index (χ1) is 19.2. The van der Waals surface area contributed by atoms with Gasteiger partial charge in [0.2, 0.25) is 5.91 Å². The van der Waals surface area contributed by atoms with Crippen LogP contribution < -0.4 is 9.64 Å². The number of alkyl halides is 1. The van der Waals surface area contributed by atoms with E-state index in [1.54, 1.807) is 30.3 Å². The van der Waals surface area contributed by atoms with Crippen molar-refractivity contribution in [3.8, 4) is 16.9 Å². The number of carbonyl (C=O) groups is 2. The molecule has 3 aromatic rings. The van der Waals surface area contributed by atoms with Gasteiger partial charge in [0, 0.05) is 40.0 Å². The van der Waals surface area contributed by atoms with E-state index >= 15 is 0 Å². The molecule has 1 N–H and O–H groups in total. The molecule has 1 fully saturated rings. The van der Waals surface area contributed by atoms with Crippen molar-refractivity contribution in [1.82, 2.24) is 0 Å². The number of amides is 1. The molecule has 0 aliphatic heterocycles. The highest BCUT2D eigenvalue weighted by atomic mass is 35.5. The molecule has 40 heavy (non-hydrogen) atoms. The number of rotatable bonds is 11. The summed E-state index contributed by atoms with van der Waals surface area (Å²) in [4.78, 5) is 28.1. The Balaban J connectivity index is 1.58. The summed E-state index contributed by atoms with van der Waals surface area (Å²) < 4.78 is 5.69. The molecule has 5 nitrogen and oxygen atoms in total. The van der Waals surface area contributed by atoms with Gasteiger partial charge in [-0.3, -0.25) is 4.79 Å². The van der Waals surface area contributed by atoms with Gasteiger partial charge < -0.3 is 14.7 Å². The third-order valence-electron chi connectivity index (χ3n) is 7.26. The SMILES string of the molecule is CCCc1sc(C(=O)Oc2ccc(N(CCO)C(C)=O)cc2)cc1-c1c(Cl)cc(Cl)cc1CC[C@H]1CC[C@@H](Cl)C1. The van der Waals surface area contributed by atoms with Gasteiger partial charge in [-0.1, -0.05) is 36.5 Å². The summed E-state index contributed by atoms with van der Waals surface area (Å²) in [6.45, 7) is 3.59. The zero-order valence-corrected chi connectivity index (χ0v) is 25.8. The number of ether oxygens (including phenoxy) is 1. The molecule has 2 atom stereocenters. The van der Waals surface area contributed by atoms with Gasteiger partial charge in [-0.05, 0) is 98.0 Å². The first kappa shape index (κ1) is 30.9. The van der Waals surface area contributed by atoms with Gasteiger partial charge in [-0.15, -0.1) is 22.9 Å². The Morgan fingerprint density at radius 3 is 2.48 bits per heavy atom. The predicted octanol–water partition coefficient (Wildman–Crippen LogP) is 8.58. The second kappa shape index (κ2) is 14.2. The van der Waals surface area contributed by atoms with Crippen LogP contribution in [-0.4, -0.2) is 35.5 Å². The predicted molar refractivity (Wildman–Crippen MR) is 166 cm³/mol. The summed E-state index contributed by atoms with van der Waals surface area (Å²) in [7, 11) is 0. The number of aliphatic hydroxyl groups is 1. The minimum absolute atomic E-state index is 0.148. The van der Waals surface area contributed by atoms with Crippen LogP contribution in [0.5, 0.6) is 5.75 Å². The van der Waals surface area contributed by atoms with Crippen LogP contribution in [0.3, 0.4) is 0 Å². The number of anilines is 1. The van der Waals surface area contributed by atoms with Gasteiger partial charge in [-0.25, -0.2) is 4.79 Å². The molecule has 1 heterocycles. The van der Waals surface area contributed by atoms with E-state index in [2.05, 4.69) is 6.92 Å². The van der Waals surface area contributed by atoms with Crippen LogP contribution in [0.4, 0.5) is 5.69 Å². The summed E-state index contributed by atoms with van der Waals surface area (Å²) in [5.41, 5.74) is 3.59. The topological polar surface area (TPSA) is 66.8 Å². The highest BCUT2D eigenvalue weighted by molar-refractivity contribution is 7.14. The number of nitrogens with zero attached hydrogens (tertiary/aromatic N) is 1. The summed E-state index contributed by atoms with van der Waals surface area (Å²) >= 11 is 21.0. The van der Waals surface area contributed by atoms with E-state index in [0.29, 0.717) is 32.3 Å². The van der Waals surface area contributed by atoms with Crippen molar-refractivity contribution in [1.29, 1.82) is 0 Å².